The summed E-state index contributed by atoms with van der Waals surface area (Å²) in [7, 11) is 1.63. The van der Waals surface area contributed by atoms with Gasteiger partial charge in [-0.25, -0.2) is 0 Å². The van der Waals surface area contributed by atoms with Crippen LogP contribution in [0.5, 0.6) is 5.75 Å². The standard InChI is InChI=1S/C18H27NO3/c1-14(15-6-8-16(22-4)9-7-15)12-17(21)19-11-5-10-18(2,3)13-20/h6-9,12,20H,5,10-11,13H2,1-4H3,(H,19,21)/b14-12+. The monoisotopic (exact) mass is 305 g/mol. The zero-order valence-electron chi connectivity index (χ0n) is 14.0. The zero-order valence-corrected chi connectivity index (χ0v) is 14.0. The van der Waals surface area contributed by atoms with Crippen LogP contribution < -0.4 is 10.1 Å². The molecule has 2 N–H and O–H groups in total. The zero-order chi connectivity index (χ0) is 16.6. The maximum Gasteiger partial charge on any atom is 0.244 e. The van der Waals surface area contributed by atoms with E-state index >= 15 is 0 Å². The Morgan fingerprint density at radius 2 is 1.95 bits per heavy atom. The molecule has 1 amide bonds. The Hall–Kier alpha value is -1.81. The molecule has 0 saturated carbocycles. The van der Waals surface area contributed by atoms with Crippen molar-refractivity contribution < 1.29 is 14.6 Å². The SMILES string of the molecule is COc1ccc(/C(C)=C/C(=O)NCCCC(C)(C)CO)cc1. The van der Waals surface area contributed by atoms with Crippen LogP contribution in [-0.4, -0.2) is 31.3 Å². The van der Waals surface area contributed by atoms with E-state index in [4.69, 9.17) is 4.74 Å². The molecule has 4 heteroatoms. The van der Waals surface area contributed by atoms with Crippen molar-refractivity contribution in [3.05, 3.63) is 35.9 Å². The van der Waals surface area contributed by atoms with Gasteiger partial charge in [-0.05, 0) is 48.4 Å². The van der Waals surface area contributed by atoms with Crippen LogP contribution in [0.1, 0.15) is 39.2 Å². The van der Waals surface area contributed by atoms with Gasteiger partial charge in [0.2, 0.25) is 5.91 Å². The minimum absolute atomic E-state index is 0.0838. The normalized spacial score (nSPS) is 12.1. The molecule has 0 atom stereocenters. The molecule has 1 aromatic rings. The van der Waals surface area contributed by atoms with Gasteiger partial charge in [0, 0.05) is 19.2 Å². The van der Waals surface area contributed by atoms with Gasteiger partial charge in [0.25, 0.3) is 0 Å². The highest BCUT2D eigenvalue weighted by Crippen LogP contribution is 2.20. The topological polar surface area (TPSA) is 58.6 Å². The summed E-state index contributed by atoms with van der Waals surface area (Å²) in [6.45, 7) is 6.73. The molecule has 122 valence electrons. The highest BCUT2D eigenvalue weighted by atomic mass is 16.5. The number of carbonyl (C=O) groups is 1. The Morgan fingerprint density at radius 3 is 2.50 bits per heavy atom. The third-order valence-electron chi connectivity index (χ3n) is 3.65. The van der Waals surface area contributed by atoms with Crippen molar-refractivity contribution >= 4 is 11.5 Å². The number of hydrogen-bond acceptors (Lipinski definition) is 3. The minimum Gasteiger partial charge on any atom is -0.497 e. The second-order valence-electron chi connectivity index (χ2n) is 6.27. The average Bonchev–Trinajstić information content (AvgIpc) is 2.51. The number of methoxy groups -OCH3 is 1. The van der Waals surface area contributed by atoms with Crippen LogP contribution in [0, 0.1) is 5.41 Å². The molecule has 0 bridgehead atoms. The van der Waals surface area contributed by atoms with E-state index in [1.165, 1.54) is 0 Å². The van der Waals surface area contributed by atoms with Gasteiger partial charge >= 0.3 is 0 Å². The first-order valence-electron chi connectivity index (χ1n) is 7.59. The van der Waals surface area contributed by atoms with E-state index < -0.39 is 0 Å². The molecule has 1 rings (SSSR count). The van der Waals surface area contributed by atoms with Crippen molar-refractivity contribution in [3.63, 3.8) is 0 Å². The van der Waals surface area contributed by atoms with E-state index in [-0.39, 0.29) is 17.9 Å². The molecule has 0 aliphatic heterocycles. The molecular formula is C18H27NO3. The first-order chi connectivity index (χ1) is 10.4. The predicted octanol–water partition coefficient (Wildman–Crippen LogP) is 3.01. The summed E-state index contributed by atoms with van der Waals surface area (Å²) in [6, 6.07) is 7.62. The van der Waals surface area contributed by atoms with E-state index in [1.807, 2.05) is 45.0 Å². The van der Waals surface area contributed by atoms with E-state index in [2.05, 4.69) is 5.32 Å². The number of nitrogens with one attached hydrogen (secondary N) is 1. The van der Waals surface area contributed by atoms with E-state index in [0.717, 1.165) is 29.7 Å². The average molecular weight is 305 g/mol. The fraction of sp³-hybridized carbons (Fsp3) is 0.500. The Balaban J connectivity index is 2.45. The van der Waals surface area contributed by atoms with E-state index in [1.54, 1.807) is 13.2 Å². The molecule has 1 aromatic carbocycles. The van der Waals surface area contributed by atoms with Crippen LogP contribution in [0.15, 0.2) is 30.3 Å². The summed E-state index contributed by atoms with van der Waals surface area (Å²) in [5.41, 5.74) is 1.83. The Morgan fingerprint density at radius 1 is 1.32 bits per heavy atom. The molecule has 0 spiro atoms. The molecule has 22 heavy (non-hydrogen) atoms. The van der Waals surface area contributed by atoms with Crippen LogP contribution in [0.4, 0.5) is 0 Å². The minimum atomic E-state index is -0.0878. The lowest BCUT2D eigenvalue weighted by atomic mass is 9.89. The number of ether oxygens (including phenoxy) is 1. The lowest BCUT2D eigenvalue weighted by Crippen LogP contribution is -2.25. The number of aliphatic hydroxyl groups is 1. The van der Waals surface area contributed by atoms with Crippen LogP contribution >= 0.6 is 0 Å². The van der Waals surface area contributed by atoms with Gasteiger partial charge in [-0.1, -0.05) is 26.0 Å². The Labute approximate surface area is 133 Å². The lowest BCUT2D eigenvalue weighted by molar-refractivity contribution is -0.116. The number of carbonyl (C=O) groups excluding carboxylic acids is 1. The molecule has 0 radical (unpaired) electrons. The van der Waals surface area contributed by atoms with E-state index in [9.17, 15) is 9.90 Å². The van der Waals surface area contributed by atoms with Crippen LogP contribution in [0.25, 0.3) is 5.57 Å². The molecule has 0 unspecified atom stereocenters. The second-order valence-corrected chi connectivity index (χ2v) is 6.27. The third-order valence-corrected chi connectivity index (χ3v) is 3.65. The lowest BCUT2D eigenvalue weighted by Gasteiger charge is -2.21. The number of amides is 1. The molecular weight excluding hydrogens is 278 g/mol. The van der Waals surface area contributed by atoms with Crippen molar-refractivity contribution in [2.75, 3.05) is 20.3 Å². The number of allylic oxidation sites excluding steroid dienone is 1. The summed E-state index contributed by atoms with van der Waals surface area (Å²) in [4.78, 5) is 11.9. The molecule has 0 aliphatic carbocycles. The first kappa shape index (κ1) is 18.2. The number of hydrogen-bond donors (Lipinski definition) is 2. The van der Waals surface area contributed by atoms with Crippen LogP contribution in [-0.2, 0) is 4.79 Å². The van der Waals surface area contributed by atoms with Crippen molar-refractivity contribution in [2.45, 2.75) is 33.6 Å². The van der Waals surface area contributed by atoms with Gasteiger partial charge < -0.3 is 15.2 Å². The van der Waals surface area contributed by atoms with Gasteiger partial charge in [0.1, 0.15) is 5.75 Å². The number of aliphatic hydroxyl groups excluding tert-OH is 1. The van der Waals surface area contributed by atoms with Crippen molar-refractivity contribution in [2.24, 2.45) is 5.41 Å². The molecule has 0 fully saturated rings. The van der Waals surface area contributed by atoms with Gasteiger partial charge in [0.05, 0.1) is 7.11 Å². The third kappa shape index (κ3) is 6.31. The summed E-state index contributed by atoms with van der Waals surface area (Å²) in [6.07, 6.45) is 3.35. The number of benzene rings is 1. The van der Waals surface area contributed by atoms with Gasteiger partial charge in [-0.15, -0.1) is 0 Å². The highest BCUT2D eigenvalue weighted by molar-refractivity contribution is 5.94. The smallest absolute Gasteiger partial charge is 0.244 e. The van der Waals surface area contributed by atoms with Gasteiger partial charge in [-0.3, -0.25) is 4.79 Å². The molecule has 4 nitrogen and oxygen atoms in total. The molecule has 0 aliphatic rings. The Kier molecular flexibility index (Phi) is 7.12. The Bertz CT molecular complexity index is 504. The summed E-state index contributed by atoms with van der Waals surface area (Å²) in [5.74, 6) is 0.711. The first-order valence-corrected chi connectivity index (χ1v) is 7.59. The quantitative estimate of drug-likeness (QED) is 0.573. The second kappa shape index (κ2) is 8.59. The molecule has 0 heterocycles. The van der Waals surface area contributed by atoms with Crippen molar-refractivity contribution in [3.8, 4) is 5.75 Å². The molecule has 0 aromatic heterocycles. The largest absolute Gasteiger partial charge is 0.497 e. The summed E-state index contributed by atoms with van der Waals surface area (Å²) >= 11 is 0. The predicted molar refractivity (Wildman–Crippen MR) is 89.8 cm³/mol. The maximum absolute atomic E-state index is 11.9. The van der Waals surface area contributed by atoms with Crippen LogP contribution in [0.3, 0.4) is 0 Å². The number of rotatable bonds is 8. The summed E-state index contributed by atoms with van der Waals surface area (Å²) in [5, 5.41) is 12.1. The van der Waals surface area contributed by atoms with Crippen molar-refractivity contribution in [1.82, 2.24) is 5.32 Å². The summed E-state index contributed by atoms with van der Waals surface area (Å²) < 4.78 is 5.12. The maximum atomic E-state index is 11.9. The van der Waals surface area contributed by atoms with Crippen molar-refractivity contribution in [1.29, 1.82) is 0 Å². The highest BCUT2D eigenvalue weighted by Gasteiger charge is 2.15. The van der Waals surface area contributed by atoms with Gasteiger partial charge in [0.15, 0.2) is 0 Å². The van der Waals surface area contributed by atoms with E-state index in [0.29, 0.717) is 6.54 Å². The fourth-order valence-electron chi connectivity index (χ4n) is 2.04. The molecule has 0 saturated heterocycles. The van der Waals surface area contributed by atoms with Crippen LogP contribution in [0.2, 0.25) is 0 Å². The van der Waals surface area contributed by atoms with Gasteiger partial charge in [-0.2, -0.15) is 0 Å². The fourth-order valence-corrected chi connectivity index (χ4v) is 2.04.